The average Bonchev–Trinajstić information content (AvgIpc) is 2.74. The molecule has 17 heavy (non-hydrogen) atoms. The Morgan fingerprint density at radius 1 is 1.41 bits per heavy atom. The number of rotatable bonds is 8. The lowest BCUT2D eigenvalue weighted by Gasteiger charge is -2.04. The molecule has 1 heterocycles. The van der Waals surface area contributed by atoms with Crippen LogP contribution in [0.1, 0.15) is 16.1 Å². The molecule has 1 aromatic heterocycles. The number of methoxy groups -OCH3 is 1. The molecular formula is C11H16ClNO3S. The maximum absolute atomic E-state index is 11.6. The molecule has 0 fully saturated rings. The van der Waals surface area contributed by atoms with Crippen LogP contribution < -0.4 is 5.32 Å². The summed E-state index contributed by atoms with van der Waals surface area (Å²) >= 11 is 7.02. The van der Waals surface area contributed by atoms with E-state index in [0.29, 0.717) is 35.6 Å². The third kappa shape index (κ3) is 6.02. The Morgan fingerprint density at radius 2 is 2.24 bits per heavy atom. The lowest BCUT2D eigenvalue weighted by molar-refractivity contribution is 0.0688. The normalized spacial score (nSPS) is 10.5. The molecule has 0 radical (unpaired) electrons. The zero-order chi connectivity index (χ0) is 12.5. The number of carbonyl (C=O) groups is 1. The van der Waals surface area contributed by atoms with E-state index in [1.54, 1.807) is 19.2 Å². The molecule has 1 amide bonds. The van der Waals surface area contributed by atoms with Crippen molar-refractivity contribution in [3.63, 3.8) is 0 Å². The number of hydrogen-bond donors (Lipinski definition) is 1. The molecule has 0 aliphatic carbocycles. The molecule has 0 aromatic carbocycles. The van der Waals surface area contributed by atoms with Crippen molar-refractivity contribution in [1.82, 2.24) is 5.32 Å². The fourth-order valence-corrected chi connectivity index (χ4v) is 2.10. The minimum atomic E-state index is -0.0845. The van der Waals surface area contributed by atoms with Gasteiger partial charge in [0.2, 0.25) is 0 Å². The molecule has 1 N–H and O–H groups in total. The quantitative estimate of drug-likeness (QED) is 0.741. The Balaban J connectivity index is 2.05. The molecule has 0 unspecified atom stereocenters. The van der Waals surface area contributed by atoms with Crippen molar-refractivity contribution in [2.75, 3.05) is 33.5 Å². The van der Waals surface area contributed by atoms with Crippen molar-refractivity contribution >= 4 is 28.8 Å². The second-order valence-corrected chi connectivity index (χ2v) is 5.03. The summed E-state index contributed by atoms with van der Waals surface area (Å²) in [6, 6.07) is 3.44. The van der Waals surface area contributed by atoms with E-state index in [-0.39, 0.29) is 5.91 Å². The molecule has 1 aromatic rings. The van der Waals surface area contributed by atoms with E-state index in [1.165, 1.54) is 11.3 Å². The van der Waals surface area contributed by atoms with Crippen molar-refractivity contribution in [3.8, 4) is 0 Å². The summed E-state index contributed by atoms with van der Waals surface area (Å²) in [4.78, 5) is 12.2. The molecule has 6 heteroatoms. The van der Waals surface area contributed by atoms with Gasteiger partial charge in [0.15, 0.2) is 0 Å². The van der Waals surface area contributed by atoms with Gasteiger partial charge in [0.05, 0.1) is 22.4 Å². The van der Waals surface area contributed by atoms with Crippen LogP contribution in [-0.2, 0) is 9.47 Å². The minimum absolute atomic E-state index is 0.0845. The van der Waals surface area contributed by atoms with Gasteiger partial charge in [-0.3, -0.25) is 4.79 Å². The summed E-state index contributed by atoms with van der Waals surface area (Å²) in [5.74, 6) is -0.0845. The molecule has 4 nitrogen and oxygen atoms in total. The van der Waals surface area contributed by atoms with Gasteiger partial charge in [-0.2, -0.15) is 0 Å². The maximum Gasteiger partial charge on any atom is 0.261 e. The van der Waals surface area contributed by atoms with Crippen molar-refractivity contribution in [2.24, 2.45) is 0 Å². The van der Waals surface area contributed by atoms with Crippen LogP contribution in [0, 0.1) is 0 Å². The number of carbonyl (C=O) groups excluding carboxylic acids is 1. The van der Waals surface area contributed by atoms with Crippen LogP contribution in [0.4, 0.5) is 0 Å². The SMILES string of the molecule is COCCOCCCNC(=O)c1ccc(Cl)s1. The Labute approximate surface area is 110 Å². The summed E-state index contributed by atoms with van der Waals surface area (Å²) in [5, 5.41) is 2.80. The van der Waals surface area contributed by atoms with Crippen molar-refractivity contribution in [3.05, 3.63) is 21.3 Å². The van der Waals surface area contributed by atoms with Crippen LogP contribution in [0.5, 0.6) is 0 Å². The molecule has 96 valence electrons. The standard InChI is InChI=1S/C11H16ClNO3S/c1-15-7-8-16-6-2-5-13-11(14)9-3-4-10(12)17-9/h3-4H,2,5-8H2,1H3,(H,13,14). The highest BCUT2D eigenvalue weighted by Crippen LogP contribution is 2.20. The Kier molecular flexibility index (Phi) is 7.19. The average molecular weight is 278 g/mol. The summed E-state index contributed by atoms with van der Waals surface area (Å²) in [7, 11) is 1.63. The third-order valence-corrected chi connectivity index (χ3v) is 3.21. The highest BCUT2D eigenvalue weighted by molar-refractivity contribution is 7.17. The molecule has 0 spiro atoms. The summed E-state index contributed by atoms with van der Waals surface area (Å²) in [6.45, 7) is 2.40. The van der Waals surface area contributed by atoms with Gasteiger partial charge in [-0.15, -0.1) is 11.3 Å². The van der Waals surface area contributed by atoms with E-state index < -0.39 is 0 Å². The predicted octanol–water partition coefficient (Wildman–Crippen LogP) is 2.18. The van der Waals surface area contributed by atoms with Gasteiger partial charge in [0.25, 0.3) is 5.91 Å². The first-order valence-corrected chi connectivity index (χ1v) is 6.53. The number of hydrogen-bond acceptors (Lipinski definition) is 4. The van der Waals surface area contributed by atoms with Gasteiger partial charge in [0, 0.05) is 20.3 Å². The fraction of sp³-hybridized carbons (Fsp3) is 0.545. The Hall–Kier alpha value is -0.620. The van der Waals surface area contributed by atoms with Gasteiger partial charge in [0.1, 0.15) is 0 Å². The first-order chi connectivity index (χ1) is 8.24. The summed E-state index contributed by atoms with van der Waals surface area (Å²) < 4.78 is 10.7. The highest BCUT2D eigenvalue weighted by atomic mass is 35.5. The Morgan fingerprint density at radius 3 is 2.88 bits per heavy atom. The first kappa shape index (κ1) is 14.4. The fourth-order valence-electron chi connectivity index (χ4n) is 1.14. The molecular weight excluding hydrogens is 262 g/mol. The number of thiophene rings is 1. The molecule has 0 saturated carbocycles. The molecule has 1 rings (SSSR count). The second-order valence-electron chi connectivity index (χ2n) is 3.32. The van der Waals surface area contributed by atoms with E-state index in [1.807, 2.05) is 0 Å². The van der Waals surface area contributed by atoms with Crippen molar-refractivity contribution < 1.29 is 14.3 Å². The number of ether oxygens (including phenoxy) is 2. The van der Waals surface area contributed by atoms with Gasteiger partial charge >= 0.3 is 0 Å². The van der Waals surface area contributed by atoms with Gasteiger partial charge in [-0.05, 0) is 18.6 Å². The van der Waals surface area contributed by atoms with Gasteiger partial charge in [-0.1, -0.05) is 11.6 Å². The predicted molar refractivity (Wildman–Crippen MR) is 69.0 cm³/mol. The van der Waals surface area contributed by atoms with E-state index in [9.17, 15) is 4.79 Å². The number of nitrogens with one attached hydrogen (secondary N) is 1. The third-order valence-electron chi connectivity index (χ3n) is 1.98. The first-order valence-electron chi connectivity index (χ1n) is 5.34. The van der Waals surface area contributed by atoms with Crippen molar-refractivity contribution in [1.29, 1.82) is 0 Å². The lowest BCUT2D eigenvalue weighted by atomic mass is 10.4. The molecule has 0 atom stereocenters. The van der Waals surface area contributed by atoms with Gasteiger partial charge in [-0.25, -0.2) is 0 Å². The van der Waals surface area contributed by atoms with Crippen LogP contribution in [-0.4, -0.2) is 39.4 Å². The van der Waals surface area contributed by atoms with Crippen LogP contribution >= 0.6 is 22.9 Å². The molecule has 0 bridgehead atoms. The monoisotopic (exact) mass is 277 g/mol. The van der Waals surface area contributed by atoms with Crippen LogP contribution in [0.2, 0.25) is 4.34 Å². The Bertz CT molecular complexity index is 343. The van der Waals surface area contributed by atoms with E-state index >= 15 is 0 Å². The molecule has 0 aliphatic rings. The van der Waals surface area contributed by atoms with Crippen LogP contribution in [0.25, 0.3) is 0 Å². The lowest BCUT2D eigenvalue weighted by Crippen LogP contribution is -2.24. The topological polar surface area (TPSA) is 47.6 Å². The second kappa shape index (κ2) is 8.47. The minimum Gasteiger partial charge on any atom is -0.382 e. The van der Waals surface area contributed by atoms with Gasteiger partial charge < -0.3 is 14.8 Å². The summed E-state index contributed by atoms with van der Waals surface area (Å²) in [5.41, 5.74) is 0. The van der Waals surface area contributed by atoms with Crippen LogP contribution in [0.15, 0.2) is 12.1 Å². The van der Waals surface area contributed by atoms with Crippen LogP contribution in [0.3, 0.4) is 0 Å². The highest BCUT2D eigenvalue weighted by Gasteiger charge is 2.07. The zero-order valence-corrected chi connectivity index (χ0v) is 11.3. The number of amides is 1. The van der Waals surface area contributed by atoms with E-state index in [4.69, 9.17) is 21.1 Å². The largest absolute Gasteiger partial charge is 0.382 e. The maximum atomic E-state index is 11.6. The van der Waals surface area contributed by atoms with Crippen molar-refractivity contribution in [2.45, 2.75) is 6.42 Å². The van der Waals surface area contributed by atoms with E-state index in [2.05, 4.69) is 5.32 Å². The smallest absolute Gasteiger partial charge is 0.261 e. The molecule has 0 aliphatic heterocycles. The molecule has 0 saturated heterocycles. The number of halogens is 1. The summed E-state index contributed by atoms with van der Waals surface area (Å²) in [6.07, 6.45) is 0.786. The zero-order valence-electron chi connectivity index (χ0n) is 9.70. The van der Waals surface area contributed by atoms with E-state index in [0.717, 1.165) is 6.42 Å².